The lowest BCUT2D eigenvalue weighted by molar-refractivity contribution is -0.123. The zero-order valence-corrected chi connectivity index (χ0v) is 26.4. The number of ether oxygens (including phenoxy) is 1. The van der Waals surface area contributed by atoms with E-state index in [1.807, 2.05) is 18.2 Å². The number of piperidine rings is 1. The maximum Gasteiger partial charge on any atom is 0.229 e. The highest BCUT2D eigenvalue weighted by atomic mass is 32.2. The molecule has 4 atom stereocenters. The Bertz CT molecular complexity index is 1410. The van der Waals surface area contributed by atoms with E-state index in [4.69, 9.17) is 9.16 Å². The maximum atomic E-state index is 11.9. The number of nitrogens with one attached hydrogen (secondary N) is 1. The Morgan fingerprint density at radius 2 is 1.93 bits per heavy atom. The number of hydrogen-bond donors (Lipinski definition) is 1. The number of fused-ring (bicyclic) bond motifs is 2. The molecule has 5 rings (SSSR count). The smallest absolute Gasteiger partial charge is 0.229 e. The van der Waals surface area contributed by atoms with Crippen molar-refractivity contribution < 1.29 is 17.6 Å². The summed E-state index contributed by atoms with van der Waals surface area (Å²) in [7, 11) is -4.32. The zero-order chi connectivity index (χ0) is 28.9. The number of anilines is 1. The number of likely N-dealkylation sites (tertiary alicyclic amines) is 1. The average Bonchev–Trinajstić information content (AvgIpc) is 2.86. The third-order valence-corrected chi connectivity index (χ3v) is 10.1. The summed E-state index contributed by atoms with van der Waals surface area (Å²) in [6.07, 6.45) is 6.82. The molecule has 0 amide bonds. The predicted molar refractivity (Wildman–Crippen MR) is 160 cm³/mol. The number of aryl methyl sites for hydroxylation is 1. The van der Waals surface area contributed by atoms with Gasteiger partial charge in [0.05, 0.1) is 17.9 Å². The first-order chi connectivity index (χ1) is 18.7. The highest BCUT2D eigenvalue weighted by Crippen LogP contribution is 2.53. The van der Waals surface area contributed by atoms with Crippen LogP contribution in [0.4, 0.5) is 5.69 Å². The van der Waals surface area contributed by atoms with Crippen molar-refractivity contribution >= 4 is 24.8 Å². The van der Waals surface area contributed by atoms with Crippen molar-refractivity contribution in [2.75, 3.05) is 17.5 Å². The van der Waals surface area contributed by atoms with Gasteiger partial charge in [0.2, 0.25) is 19.1 Å². The lowest BCUT2D eigenvalue weighted by Gasteiger charge is -2.54. The van der Waals surface area contributed by atoms with Crippen molar-refractivity contribution in [3.8, 4) is 11.8 Å². The van der Waals surface area contributed by atoms with Gasteiger partial charge in [-0.25, -0.2) is 8.42 Å². The van der Waals surface area contributed by atoms with Crippen LogP contribution in [0.1, 0.15) is 74.6 Å². The van der Waals surface area contributed by atoms with E-state index in [1.54, 1.807) is 6.07 Å². The van der Waals surface area contributed by atoms with E-state index in [1.165, 1.54) is 17.4 Å². The van der Waals surface area contributed by atoms with Crippen LogP contribution in [0.2, 0.25) is 13.1 Å². The molecule has 40 heavy (non-hydrogen) atoms. The van der Waals surface area contributed by atoms with E-state index in [0.29, 0.717) is 11.7 Å². The van der Waals surface area contributed by atoms with Crippen LogP contribution >= 0.6 is 0 Å². The van der Waals surface area contributed by atoms with E-state index in [-0.39, 0.29) is 23.2 Å². The van der Waals surface area contributed by atoms with E-state index >= 15 is 0 Å². The molecule has 1 spiro atoms. The SMILES string of the molecule is C[Si](C)OC1CC2(CCN1[C@@H]1CCc3cc(C#N)ccc3C1)C[C@H](C(C)(C)C)c1cc(NS(C)(=O)=O)ccc1O2. The van der Waals surface area contributed by atoms with E-state index < -0.39 is 19.1 Å². The Kier molecular flexibility index (Phi) is 7.85. The highest BCUT2D eigenvalue weighted by molar-refractivity contribution is 7.92. The molecule has 1 fully saturated rings. The number of hydrogen-bond acceptors (Lipinski definition) is 6. The number of nitrogens with zero attached hydrogens (tertiary/aromatic N) is 2. The summed E-state index contributed by atoms with van der Waals surface area (Å²) in [4.78, 5) is 2.59. The van der Waals surface area contributed by atoms with Gasteiger partial charge in [-0.3, -0.25) is 9.62 Å². The quantitative estimate of drug-likeness (QED) is 0.448. The minimum atomic E-state index is -3.37. The Balaban J connectivity index is 1.42. The third kappa shape index (κ3) is 6.25. The molecule has 0 saturated carbocycles. The van der Waals surface area contributed by atoms with Gasteiger partial charge in [0.25, 0.3) is 0 Å². The normalized spacial score (nSPS) is 27.0. The first-order valence-electron chi connectivity index (χ1n) is 14.3. The van der Waals surface area contributed by atoms with Crippen molar-refractivity contribution in [1.82, 2.24) is 4.90 Å². The summed E-state index contributed by atoms with van der Waals surface area (Å²) in [6, 6.07) is 14.5. The molecular weight excluding hydrogens is 539 g/mol. The monoisotopic (exact) mass is 580 g/mol. The topological polar surface area (TPSA) is 91.7 Å². The summed E-state index contributed by atoms with van der Waals surface area (Å²) in [6.45, 7) is 12.1. The van der Waals surface area contributed by atoms with Crippen molar-refractivity contribution in [3.63, 3.8) is 0 Å². The second kappa shape index (κ2) is 10.8. The van der Waals surface area contributed by atoms with Crippen LogP contribution in [0.5, 0.6) is 5.75 Å². The summed E-state index contributed by atoms with van der Waals surface area (Å²) < 4.78 is 40.1. The lowest BCUT2D eigenvalue weighted by Crippen LogP contribution is -2.60. The van der Waals surface area contributed by atoms with Gasteiger partial charge in [0, 0.05) is 31.1 Å². The fraction of sp³-hybridized carbons (Fsp3) is 0.581. The fourth-order valence-corrected chi connectivity index (χ4v) is 8.22. The number of sulfonamides is 1. The second-order valence-corrected chi connectivity index (χ2v) is 17.0. The lowest BCUT2D eigenvalue weighted by atomic mass is 9.67. The molecule has 2 unspecified atom stereocenters. The highest BCUT2D eigenvalue weighted by Gasteiger charge is 2.50. The second-order valence-electron chi connectivity index (χ2n) is 13.2. The standard InChI is InChI=1S/C31H42N3O4SSi/c1-30(2,3)27-18-31(37-28-12-10-24(17-26(27)28)33-39(4,35)36)13-14-34(29(19-31)38-40(5)6)25-11-9-22-15-21(20-32)7-8-23(22)16-25/h7-8,10,12,15,17,25,27,29,33H,9,11,13-14,16,18-19H2,1-6H3/t25-,27+,29?,31?/m1/s1. The van der Waals surface area contributed by atoms with Gasteiger partial charge in [-0.1, -0.05) is 26.8 Å². The Morgan fingerprint density at radius 1 is 1.15 bits per heavy atom. The van der Waals surface area contributed by atoms with Crippen LogP contribution in [-0.2, 0) is 27.3 Å². The van der Waals surface area contributed by atoms with Crippen LogP contribution in [-0.4, -0.2) is 53.0 Å². The largest absolute Gasteiger partial charge is 0.487 e. The van der Waals surface area contributed by atoms with Crippen LogP contribution in [0.15, 0.2) is 36.4 Å². The van der Waals surface area contributed by atoms with Crippen LogP contribution in [0.25, 0.3) is 0 Å². The van der Waals surface area contributed by atoms with Gasteiger partial charge in [0.1, 0.15) is 17.6 Å². The number of rotatable bonds is 5. The predicted octanol–water partition coefficient (Wildman–Crippen LogP) is 5.83. The van der Waals surface area contributed by atoms with E-state index in [9.17, 15) is 13.7 Å². The van der Waals surface area contributed by atoms with Crippen LogP contribution in [0.3, 0.4) is 0 Å². The van der Waals surface area contributed by atoms with Gasteiger partial charge in [0.15, 0.2) is 0 Å². The molecule has 1 N–H and O–H groups in total. The Hall–Kier alpha value is -2.38. The summed E-state index contributed by atoms with van der Waals surface area (Å²) in [5.41, 5.74) is 4.69. The molecule has 0 aromatic heterocycles. The molecule has 2 aromatic carbocycles. The first-order valence-corrected chi connectivity index (χ1v) is 18.6. The van der Waals surface area contributed by atoms with E-state index in [2.05, 4.69) is 61.7 Å². The van der Waals surface area contributed by atoms with E-state index in [0.717, 1.165) is 61.9 Å². The molecule has 2 heterocycles. The van der Waals surface area contributed by atoms with Gasteiger partial charge in [-0.2, -0.15) is 5.26 Å². The molecule has 0 bridgehead atoms. The van der Waals surface area contributed by atoms with Crippen molar-refractivity contribution in [3.05, 3.63) is 58.7 Å². The van der Waals surface area contributed by atoms with Gasteiger partial charge < -0.3 is 9.16 Å². The third-order valence-electron chi connectivity index (χ3n) is 8.76. The zero-order valence-electron chi connectivity index (χ0n) is 24.6. The van der Waals surface area contributed by atoms with Crippen LogP contribution in [0, 0.1) is 16.7 Å². The molecule has 1 aliphatic carbocycles. The summed E-state index contributed by atoms with van der Waals surface area (Å²) in [5, 5.41) is 9.31. The molecular formula is C31H42N3O4SSi. The molecule has 1 radical (unpaired) electrons. The average molecular weight is 581 g/mol. The molecule has 2 aromatic rings. The summed E-state index contributed by atoms with van der Waals surface area (Å²) in [5.74, 6) is 1.07. The minimum Gasteiger partial charge on any atom is -0.487 e. The Morgan fingerprint density at radius 3 is 2.60 bits per heavy atom. The number of nitriles is 1. The molecule has 3 aliphatic rings. The summed E-state index contributed by atoms with van der Waals surface area (Å²) >= 11 is 0. The van der Waals surface area contributed by atoms with Gasteiger partial charge in [-0.15, -0.1) is 0 Å². The first kappa shape index (κ1) is 29.1. The number of benzene rings is 2. The van der Waals surface area contributed by atoms with Crippen molar-refractivity contribution in [2.45, 2.75) is 96.2 Å². The minimum absolute atomic E-state index is 0.00378. The van der Waals surface area contributed by atoms with Crippen molar-refractivity contribution in [2.24, 2.45) is 5.41 Å². The molecule has 215 valence electrons. The molecule has 9 heteroatoms. The van der Waals surface area contributed by atoms with Gasteiger partial charge >= 0.3 is 0 Å². The Labute approximate surface area is 241 Å². The van der Waals surface area contributed by atoms with Crippen LogP contribution < -0.4 is 9.46 Å². The molecule has 2 aliphatic heterocycles. The maximum absolute atomic E-state index is 11.9. The molecule has 7 nitrogen and oxygen atoms in total. The molecule has 1 saturated heterocycles. The van der Waals surface area contributed by atoms with Gasteiger partial charge in [-0.05, 0) is 97.1 Å². The fourth-order valence-electron chi connectivity index (χ4n) is 6.90. The van der Waals surface area contributed by atoms with Crippen molar-refractivity contribution in [1.29, 1.82) is 5.26 Å².